The van der Waals surface area contributed by atoms with Crippen LogP contribution in [0.1, 0.15) is 5.56 Å². The van der Waals surface area contributed by atoms with E-state index >= 15 is 0 Å². The fourth-order valence-corrected chi connectivity index (χ4v) is 2.84. The van der Waals surface area contributed by atoms with Crippen LogP contribution in [0.15, 0.2) is 60.1 Å². The van der Waals surface area contributed by atoms with Crippen LogP contribution in [0, 0.1) is 0 Å². The van der Waals surface area contributed by atoms with Gasteiger partial charge < -0.3 is 20.4 Å². The SMILES string of the molecule is C=C(N=CN(C)Cc1ccccc1)C(=O)N[C@H]1CNc2ncncc2N(C)C1=O. The highest BCUT2D eigenvalue weighted by molar-refractivity contribution is 6.04. The number of carbonyl (C=O) groups excluding carboxylic acids is 2. The minimum Gasteiger partial charge on any atom is -0.366 e. The Balaban J connectivity index is 1.58. The molecule has 2 amide bonds. The van der Waals surface area contributed by atoms with Crippen molar-refractivity contribution in [2.45, 2.75) is 12.6 Å². The van der Waals surface area contributed by atoms with Crippen molar-refractivity contribution in [1.29, 1.82) is 0 Å². The van der Waals surface area contributed by atoms with E-state index in [9.17, 15) is 9.59 Å². The molecule has 0 saturated carbocycles. The van der Waals surface area contributed by atoms with Crippen molar-refractivity contribution in [3.63, 3.8) is 0 Å². The molecule has 0 radical (unpaired) electrons. The Hall–Kier alpha value is -3.75. The van der Waals surface area contributed by atoms with Gasteiger partial charge in [0, 0.05) is 27.2 Å². The van der Waals surface area contributed by atoms with Gasteiger partial charge >= 0.3 is 0 Å². The number of carbonyl (C=O) groups is 2. The van der Waals surface area contributed by atoms with E-state index in [1.165, 1.54) is 11.2 Å². The van der Waals surface area contributed by atoms with E-state index in [0.717, 1.165) is 5.56 Å². The number of hydrogen-bond donors (Lipinski definition) is 2. The first-order chi connectivity index (χ1) is 14.0. The van der Waals surface area contributed by atoms with Crippen molar-refractivity contribution in [3.05, 3.63) is 60.7 Å². The lowest BCUT2D eigenvalue weighted by Gasteiger charge is -2.20. The van der Waals surface area contributed by atoms with Crippen molar-refractivity contribution in [2.24, 2.45) is 4.99 Å². The van der Waals surface area contributed by atoms with Gasteiger partial charge in [0.25, 0.3) is 11.8 Å². The predicted octanol–water partition coefficient (Wildman–Crippen LogP) is 1.02. The first kappa shape index (κ1) is 20.0. The molecule has 9 nitrogen and oxygen atoms in total. The molecule has 0 fully saturated rings. The molecule has 1 aliphatic rings. The summed E-state index contributed by atoms with van der Waals surface area (Å²) < 4.78 is 0. The number of aliphatic imine (C=N–C) groups is 1. The maximum absolute atomic E-state index is 12.7. The third-order valence-electron chi connectivity index (χ3n) is 4.41. The third kappa shape index (κ3) is 4.95. The summed E-state index contributed by atoms with van der Waals surface area (Å²) in [5, 5.41) is 5.73. The molecule has 1 atom stereocenters. The van der Waals surface area contributed by atoms with E-state index in [-0.39, 0.29) is 18.1 Å². The van der Waals surface area contributed by atoms with Crippen molar-refractivity contribution >= 4 is 29.7 Å². The first-order valence-electron chi connectivity index (χ1n) is 9.05. The molecule has 2 aromatic rings. The number of aromatic nitrogens is 2. The van der Waals surface area contributed by atoms with Crippen molar-refractivity contribution < 1.29 is 9.59 Å². The van der Waals surface area contributed by atoms with E-state index in [4.69, 9.17) is 0 Å². The van der Waals surface area contributed by atoms with Crippen LogP contribution in [0.2, 0.25) is 0 Å². The second kappa shape index (κ2) is 8.96. The quantitative estimate of drug-likeness (QED) is 0.432. The van der Waals surface area contributed by atoms with Crippen molar-refractivity contribution in [2.75, 3.05) is 30.9 Å². The molecule has 150 valence electrons. The number of rotatable bonds is 6. The Kier molecular flexibility index (Phi) is 6.18. The van der Waals surface area contributed by atoms with Gasteiger partial charge in [0.1, 0.15) is 23.8 Å². The maximum Gasteiger partial charge on any atom is 0.270 e. The fourth-order valence-electron chi connectivity index (χ4n) is 2.84. The van der Waals surface area contributed by atoms with Gasteiger partial charge in [-0.2, -0.15) is 0 Å². The number of nitrogens with zero attached hydrogens (tertiary/aromatic N) is 5. The van der Waals surface area contributed by atoms with Crippen LogP contribution in [0.3, 0.4) is 0 Å². The monoisotopic (exact) mass is 393 g/mol. The van der Waals surface area contributed by atoms with Crippen LogP contribution in [0.25, 0.3) is 0 Å². The van der Waals surface area contributed by atoms with E-state index in [2.05, 4.69) is 32.2 Å². The van der Waals surface area contributed by atoms with Crippen molar-refractivity contribution in [1.82, 2.24) is 20.2 Å². The average molecular weight is 393 g/mol. The predicted molar refractivity (Wildman–Crippen MR) is 111 cm³/mol. The first-order valence-corrected chi connectivity index (χ1v) is 9.05. The zero-order valence-corrected chi connectivity index (χ0v) is 16.4. The third-order valence-corrected chi connectivity index (χ3v) is 4.41. The molecule has 2 N–H and O–H groups in total. The highest BCUT2D eigenvalue weighted by Crippen LogP contribution is 2.24. The fraction of sp³-hybridized carbons (Fsp3) is 0.250. The number of fused-ring (bicyclic) bond motifs is 1. The normalized spacial score (nSPS) is 16.0. The molecule has 0 aliphatic carbocycles. The molecule has 2 heterocycles. The second-order valence-corrected chi connectivity index (χ2v) is 6.65. The van der Waals surface area contributed by atoms with Crippen LogP contribution in [0.5, 0.6) is 0 Å². The van der Waals surface area contributed by atoms with Gasteiger partial charge in [-0.05, 0) is 5.56 Å². The van der Waals surface area contributed by atoms with Gasteiger partial charge in [0.15, 0.2) is 5.82 Å². The molecule has 0 spiro atoms. The number of likely N-dealkylation sites (N-methyl/N-ethyl adjacent to an activating group) is 1. The topological polar surface area (TPSA) is 103 Å². The van der Waals surface area contributed by atoms with Crippen LogP contribution >= 0.6 is 0 Å². The largest absolute Gasteiger partial charge is 0.366 e. The number of hydrogen-bond acceptors (Lipinski definition) is 6. The number of anilines is 2. The summed E-state index contributed by atoms with van der Waals surface area (Å²) in [4.78, 5) is 40.6. The van der Waals surface area contributed by atoms with E-state index in [0.29, 0.717) is 18.1 Å². The standard InChI is InChI=1S/C20H23N7O2/c1-14(24-13-26(2)11-15-7-5-4-6-8-15)19(28)25-16-9-22-18-17(10-21-12-23-18)27(3)20(16)29/h4-8,10,12-13,16H,1,9,11H2,2-3H3,(H,25,28)(H,21,22,23)/t16-/m0/s1. The molecular weight excluding hydrogens is 370 g/mol. The van der Waals surface area contributed by atoms with E-state index < -0.39 is 11.9 Å². The Morgan fingerprint density at radius 1 is 1.45 bits per heavy atom. The zero-order valence-electron chi connectivity index (χ0n) is 16.4. The highest BCUT2D eigenvalue weighted by Gasteiger charge is 2.30. The van der Waals surface area contributed by atoms with Gasteiger partial charge in [-0.25, -0.2) is 15.0 Å². The molecule has 29 heavy (non-hydrogen) atoms. The van der Waals surface area contributed by atoms with Gasteiger partial charge in [-0.3, -0.25) is 9.59 Å². The lowest BCUT2D eigenvalue weighted by molar-refractivity contribution is -0.125. The summed E-state index contributed by atoms with van der Waals surface area (Å²) in [6.45, 7) is 4.55. The summed E-state index contributed by atoms with van der Waals surface area (Å²) in [6, 6.07) is 9.12. The van der Waals surface area contributed by atoms with Crippen molar-refractivity contribution in [3.8, 4) is 0 Å². The summed E-state index contributed by atoms with van der Waals surface area (Å²) in [6.07, 6.45) is 4.48. The Morgan fingerprint density at radius 2 is 2.21 bits per heavy atom. The van der Waals surface area contributed by atoms with E-state index in [1.54, 1.807) is 19.6 Å². The maximum atomic E-state index is 12.7. The van der Waals surface area contributed by atoms with Crippen LogP contribution in [-0.4, -0.2) is 59.7 Å². The Bertz CT molecular complexity index is 929. The summed E-state index contributed by atoms with van der Waals surface area (Å²) in [5.41, 5.74) is 1.69. The van der Waals surface area contributed by atoms with Gasteiger partial charge in [0.2, 0.25) is 0 Å². The molecule has 3 rings (SSSR count). The van der Waals surface area contributed by atoms with Gasteiger partial charge in [0.05, 0.1) is 12.5 Å². The molecule has 1 aromatic carbocycles. The molecule has 0 saturated heterocycles. The molecule has 0 bridgehead atoms. The minimum atomic E-state index is -0.782. The lowest BCUT2D eigenvalue weighted by atomic mass is 10.2. The lowest BCUT2D eigenvalue weighted by Crippen LogP contribution is -2.49. The van der Waals surface area contributed by atoms with Gasteiger partial charge in [-0.15, -0.1) is 0 Å². The molecular formula is C20H23N7O2. The van der Waals surface area contributed by atoms with Crippen LogP contribution in [0.4, 0.5) is 11.5 Å². The number of benzene rings is 1. The van der Waals surface area contributed by atoms with Crippen LogP contribution in [-0.2, 0) is 16.1 Å². The smallest absolute Gasteiger partial charge is 0.270 e. The Labute approximate surface area is 169 Å². The average Bonchev–Trinajstić information content (AvgIpc) is 2.85. The van der Waals surface area contributed by atoms with Crippen LogP contribution < -0.4 is 15.5 Å². The number of nitrogens with one attached hydrogen (secondary N) is 2. The van der Waals surface area contributed by atoms with E-state index in [1.807, 2.05) is 42.3 Å². The zero-order chi connectivity index (χ0) is 20.8. The number of amides is 2. The minimum absolute atomic E-state index is 0.0157. The Morgan fingerprint density at radius 3 is 2.97 bits per heavy atom. The molecule has 0 unspecified atom stereocenters. The molecule has 1 aromatic heterocycles. The highest BCUT2D eigenvalue weighted by atomic mass is 16.2. The summed E-state index contributed by atoms with van der Waals surface area (Å²) >= 11 is 0. The summed E-state index contributed by atoms with van der Waals surface area (Å²) in [5.74, 6) is -0.260. The molecule has 1 aliphatic heterocycles. The molecule has 9 heteroatoms. The summed E-state index contributed by atoms with van der Waals surface area (Å²) in [7, 11) is 3.47. The van der Waals surface area contributed by atoms with Gasteiger partial charge in [-0.1, -0.05) is 36.9 Å². The second-order valence-electron chi connectivity index (χ2n) is 6.65.